The van der Waals surface area contributed by atoms with Crippen molar-refractivity contribution in [3.8, 4) is 0 Å². The smallest absolute Gasteiger partial charge is 0.193 e. The van der Waals surface area contributed by atoms with Gasteiger partial charge in [0.1, 0.15) is 0 Å². The summed E-state index contributed by atoms with van der Waals surface area (Å²) in [5.41, 5.74) is 1.21. The number of aliphatic imine (C=N–C) groups is 1. The maximum atomic E-state index is 6.18. The minimum Gasteiger partial charge on any atom is -0.378 e. The molecular weight excluding hydrogens is 338 g/mol. The molecule has 150 valence electrons. The highest BCUT2D eigenvalue weighted by Crippen LogP contribution is 2.26. The Morgan fingerprint density at radius 2 is 1.85 bits per heavy atom. The van der Waals surface area contributed by atoms with E-state index in [9.17, 15) is 0 Å². The van der Waals surface area contributed by atoms with Gasteiger partial charge in [-0.25, -0.2) is 0 Å². The Kier molecular flexibility index (Phi) is 8.43. The summed E-state index contributed by atoms with van der Waals surface area (Å²) in [6.45, 7) is 5.10. The Balaban J connectivity index is 1.28. The zero-order valence-electron chi connectivity index (χ0n) is 16.7. The number of rotatable bonds is 8. The van der Waals surface area contributed by atoms with Gasteiger partial charge in [0, 0.05) is 33.3 Å². The molecule has 5 nitrogen and oxygen atoms in total. The summed E-state index contributed by atoms with van der Waals surface area (Å²) in [7, 11) is 1.86. The molecule has 0 bridgehead atoms. The zero-order chi connectivity index (χ0) is 18.7. The fraction of sp³-hybridized carbons (Fsp3) is 0.682. The summed E-state index contributed by atoms with van der Waals surface area (Å²) >= 11 is 0. The van der Waals surface area contributed by atoms with Gasteiger partial charge in [-0.3, -0.25) is 4.99 Å². The van der Waals surface area contributed by atoms with Crippen molar-refractivity contribution in [2.24, 2.45) is 10.9 Å². The lowest BCUT2D eigenvalue weighted by Gasteiger charge is -2.34. The van der Waals surface area contributed by atoms with Crippen LogP contribution in [0.1, 0.15) is 44.1 Å². The Labute approximate surface area is 164 Å². The SMILES string of the molecule is CN=C(NCCOCc1ccccc1)N1CCC(OCC2CCCC2)CC1. The second-order valence-corrected chi connectivity index (χ2v) is 7.68. The normalized spacial score (nSPS) is 19.6. The fourth-order valence-corrected chi connectivity index (χ4v) is 4.02. The fourth-order valence-electron chi connectivity index (χ4n) is 4.02. The van der Waals surface area contributed by atoms with E-state index in [1.165, 1.54) is 31.2 Å². The number of hydrogen-bond donors (Lipinski definition) is 1. The van der Waals surface area contributed by atoms with Gasteiger partial charge in [0.25, 0.3) is 0 Å². The number of nitrogens with zero attached hydrogens (tertiary/aromatic N) is 2. The minimum atomic E-state index is 0.425. The van der Waals surface area contributed by atoms with E-state index < -0.39 is 0 Å². The number of guanidine groups is 1. The Morgan fingerprint density at radius 1 is 1.11 bits per heavy atom. The van der Waals surface area contributed by atoms with E-state index in [-0.39, 0.29) is 0 Å². The largest absolute Gasteiger partial charge is 0.378 e. The summed E-state index contributed by atoms with van der Waals surface area (Å²) < 4.78 is 11.9. The molecule has 1 aromatic rings. The van der Waals surface area contributed by atoms with Gasteiger partial charge in [0.2, 0.25) is 0 Å². The minimum absolute atomic E-state index is 0.425. The zero-order valence-corrected chi connectivity index (χ0v) is 16.7. The molecule has 0 radical (unpaired) electrons. The molecule has 1 aliphatic heterocycles. The molecule has 1 heterocycles. The number of benzene rings is 1. The first-order valence-corrected chi connectivity index (χ1v) is 10.5. The quantitative estimate of drug-likeness (QED) is 0.431. The van der Waals surface area contributed by atoms with Gasteiger partial charge in [0.15, 0.2) is 5.96 Å². The summed E-state index contributed by atoms with van der Waals surface area (Å²) in [6, 6.07) is 10.3. The molecule has 2 aliphatic rings. The maximum absolute atomic E-state index is 6.18. The number of hydrogen-bond acceptors (Lipinski definition) is 3. The second kappa shape index (κ2) is 11.3. The van der Waals surface area contributed by atoms with Crippen LogP contribution in [0.15, 0.2) is 35.3 Å². The van der Waals surface area contributed by atoms with Crippen LogP contribution in [0.3, 0.4) is 0 Å². The van der Waals surface area contributed by atoms with Crippen LogP contribution in [0.5, 0.6) is 0 Å². The van der Waals surface area contributed by atoms with E-state index in [0.29, 0.717) is 19.3 Å². The lowest BCUT2D eigenvalue weighted by atomic mass is 10.1. The van der Waals surface area contributed by atoms with Crippen LogP contribution < -0.4 is 5.32 Å². The number of likely N-dealkylation sites (tertiary alicyclic amines) is 1. The van der Waals surface area contributed by atoms with E-state index in [1.807, 2.05) is 25.2 Å². The van der Waals surface area contributed by atoms with E-state index in [1.54, 1.807) is 0 Å². The monoisotopic (exact) mass is 373 g/mol. The molecule has 2 fully saturated rings. The van der Waals surface area contributed by atoms with Crippen molar-refractivity contribution in [2.45, 2.75) is 51.2 Å². The predicted octanol–water partition coefficient (Wildman–Crippen LogP) is 3.45. The third kappa shape index (κ3) is 6.82. The van der Waals surface area contributed by atoms with Crippen molar-refractivity contribution >= 4 is 5.96 Å². The number of piperidine rings is 1. The van der Waals surface area contributed by atoms with Crippen LogP contribution in [-0.4, -0.2) is 56.9 Å². The molecule has 0 spiro atoms. The van der Waals surface area contributed by atoms with Crippen LogP contribution >= 0.6 is 0 Å². The Bertz CT molecular complexity index is 550. The second-order valence-electron chi connectivity index (χ2n) is 7.68. The van der Waals surface area contributed by atoms with E-state index in [2.05, 4.69) is 27.3 Å². The van der Waals surface area contributed by atoms with Gasteiger partial charge in [-0.05, 0) is 37.2 Å². The molecule has 0 atom stereocenters. The highest BCUT2D eigenvalue weighted by molar-refractivity contribution is 5.79. The summed E-state index contributed by atoms with van der Waals surface area (Å²) in [5.74, 6) is 1.79. The molecule has 5 heteroatoms. The van der Waals surface area contributed by atoms with E-state index >= 15 is 0 Å². The van der Waals surface area contributed by atoms with E-state index in [0.717, 1.165) is 51.0 Å². The molecular formula is C22H35N3O2. The molecule has 1 aliphatic carbocycles. The van der Waals surface area contributed by atoms with E-state index in [4.69, 9.17) is 9.47 Å². The first kappa shape index (κ1) is 20.2. The van der Waals surface area contributed by atoms with Gasteiger partial charge in [-0.15, -0.1) is 0 Å². The van der Waals surface area contributed by atoms with Gasteiger partial charge in [-0.2, -0.15) is 0 Å². The third-order valence-electron chi connectivity index (χ3n) is 5.64. The van der Waals surface area contributed by atoms with Crippen molar-refractivity contribution in [3.05, 3.63) is 35.9 Å². The molecule has 1 N–H and O–H groups in total. The summed E-state index contributed by atoms with van der Waals surface area (Å²) in [4.78, 5) is 6.78. The van der Waals surface area contributed by atoms with Gasteiger partial charge in [-0.1, -0.05) is 43.2 Å². The highest BCUT2D eigenvalue weighted by atomic mass is 16.5. The first-order valence-electron chi connectivity index (χ1n) is 10.5. The third-order valence-corrected chi connectivity index (χ3v) is 5.64. The lowest BCUT2D eigenvalue weighted by Crippen LogP contribution is -2.47. The Hall–Kier alpha value is -1.59. The van der Waals surface area contributed by atoms with Crippen LogP contribution in [0.2, 0.25) is 0 Å². The van der Waals surface area contributed by atoms with Gasteiger partial charge < -0.3 is 19.7 Å². The predicted molar refractivity (Wildman–Crippen MR) is 110 cm³/mol. The van der Waals surface area contributed by atoms with Crippen molar-refractivity contribution < 1.29 is 9.47 Å². The van der Waals surface area contributed by atoms with Gasteiger partial charge >= 0.3 is 0 Å². The lowest BCUT2D eigenvalue weighted by molar-refractivity contribution is 0.000954. The molecule has 0 amide bonds. The van der Waals surface area contributed by atoms with Crippen molar-refractivity contribution in [1.29, 1.82) is 0 Å². The molecule has 3 rings (SSSR count). The standard InChI is InChI=1S/C22H35N3O2/c1-23-22(24-13-16-26-17-19-7-3-2-4-8-19)25-14-11-21(12-15-25)27-18-20-9-5-6-10-20/h2-4,7-8,20-21H,5-6,9-18H2,1H3,(H,23,24). The first-order chi connectivity index (χ1) is 13.3. The molecule has 0 unspecified atom stereocenters. The molecule has 0 aromatic heterocycles. The summed E-state index contributed by atoms with van der Waals surface area (Å²) in [5, 5.41) is 3.43. The van der Waals surface area contributed by atoms with Crippen molar-refractivity contribution in [2.75, 3.05) is 39.9 Å². The summed E-state index contributed by atoms with van der Waals surface area (Å²) in [6.07, 6.45) is 8.13. The van der Waals surface area contributed by atoms with Gasteiger partial charge in [0.05, 0.1) is 19.3 Å². The Morgan fingerprint density at radius 3 is 2.56 bits per heavy atom. The van der Waals surface area contributed by atoms with Crippen LogP contribution in [-0.2, 0) is 16.1 Å². The average molecular weight is 374 g/mol. The maximum Gasteiger partial charge on any atom is 0.193 e. The molecule has 1 aromatic carbocycles. The van der Waals surface area contributed by atoms with Crippen LogP contribution in [0, 0.1) is 5.92 Å². The number of nitrogens with one attached hydrogen (secondary N) is 1. The van der Waals surface area contributed by atoms with Crippen molar-refractivity contribution in [3.63, 3.8) is 0 Å². The van der Waals surface area contributed by atoms with Crippen LogP contribution in [0.4, 0.5) is 0 Å². The molecule has 27 heavy (non-hydrogen) atoms. The molecule has 1 saturated heterocycles. The number of ether oxygens (including phenoxy) is 2. The molecule has 1 saturated carbocycles. The topological polar surface area (TPSA) is 46.1 Å². The van der Waals surface area contributed by atoms with Crippen molar-refractivity contribution in [1.82, 2.24) is 10.2 Å². The highest BCUT2D eigenvalue weighted by Gasteiger charge is 2.23. The van der Waals surface area contributed by atoms with Crippen LogP contribution in [0.25, 0.3) is 0 Å². The average Bonchev–Trinajstić information content (AvgIpc) is 3.24.